The monoisotopic (exact) mass is 383 g/mol. The largest absolute Gasteiger partial charge is 0.497 e. The highest BCUT2D eigenvalue weighted by atomic mass is 16.5. The first-order chi connectivity index (χ1) is 13.7. The first-order valence-corrected chi connectivity index (χ1v) is 10.3. The molecule has 0 bridgehead atoms. The SMILES string of the molecule is COc1cc(CCc2ccccc2OCCC[C@@H]2CCCN2C)cc(OC)c1. The van der Waals surface area contributed by atoms with Crippen LogP contribution < -0.4 is 14.2 Å². The van der Waals surface area contributed by atoms with Crippen LogP contribution in [0.25, 0.3) is 0 Å². The lowest BCUT2D eigenvalue weighted by Gasteiger charge is -2.19. The van der Waals surface area contributed by atoms with Crippen molar-refractivity contribution in [1.82, 2.24) is 4.90 Å². The fourth-order valence-corrected chi connectivity index (χ4v) is 3.99. The van der Waals surface area contributed by atoms with Crippen molar-refractivity contribution in [2.75, 3.05) is 34.4 Å². The number of rotatable bonds is 10. The van der Waals surface area contributed by atoms with Gasteiger partial charge < -0.3 is 19.1 Å². The number of benzene rings is 2. The van der Waals surface area contributed by atoms with Gasteiger partial charge in [-0.2, -0.15) is 0 Å². The van der Waals surface area contributed by atoms with Gasteiger partial charge in [0.25, 0.3) is 0 Å². The summed E-state index contributed by atoms with van der Waals surface area (Å²) in [6.45, 7) is 2.03. The highest BCUT2D eigenvalue weighted by Crippen LogP contribution is 2.26. The van der Waals surface area contributed by atoms with Crippen molar-refractivity contribution in [1.29, 1.82) is 0 Å². The molecule has 1 heterocycles. The minimum absolute atomic E-state index is 0.738. The third-order valence-corrected chi connectivity index (χ3v) is 5.68. The Bertz CT molecular complexity index is 724. The minimum atomic E-state index is 0.738. The number of likely N-dealkylation sites (tertiary alicyclic amines) is 1. The van der Waals surface area contributed by atoms with Crippen LogP contribution in [0, 0.1) is 0 Å². The number of ether oxygens (including phenoxy) is 3. The van der Waals surface area contributed by atoms with Gasteiger partial charge >= 0.3 is 0 Å². The van der Waals surface area contributed by atoms with Gasteiger partial charge in [0.2, 0.25) is 0 Å². The third-order valence-electron chi connectivity index (χ3n) is 5.68. The van der Waals surface area contributed by atoms with Crippen LogP contribution >= 0.6 is 0 Å². The molecule has 0 N–H and O–H groups in total. The van der Waals surface area contributed by atoms with Gasteiger partial charge in [0.15, 0.2) is 0 Å². The topological polar surface area (TPSA) is 30.9 Å². The zero-order valence-electron chi connectivity index (χ0n) is 17.4. The summed E-state index contributed by atoms with van der Waals surface area (Å²) in [6, 6.07) is 15.2. The third kappa shape index (κ3) is 5.65. The summed E-state index contributed by atoms with van der Waals surface area (Å²) in [5.41, 5.74) is 2.46. The molecule has 1 saturated heterocycles. The molecule has 4 nitrogen and oxygen atoms in total. The Morgan fingerprint density at radius 1 is 1.00 bits per heavy atom. The second-order valence-electron chi connectivity index (χ2n) is 7.60. The van der Waals surface area contributed by atoms with Gasteiger partial charge in [-0.15, -0.1) is 0 Å². The molecule has 1 aliphatic rings. The number of nitrogens with zero attached hydrogens (tertiary/aromatic N) is 1. The summed E-state index contributed by atoms with van der Waals surface area (Å²) in [5, 5.41) is 0. The minimum Gasteiger partial charge on any atom is -0.497 e. The van der Waals surface area contributed by atoms with Gasteiger partial charge in [-0.1, -0.05) is 18.2 Å². The molecule has 2 aromatic rings. The van der Waals surface area contributed by atoms with E-state index in [4.69, 9.17) is 14.2 Å². The van der Waals surface area contributed by atoms with E-state index in [-0.39, 0.29) is 0 Å². The van der Waals surface area contributed by atoms with Crippen LogP contribution in [0.4, 0.5) is 0 Å². The fourth-order valence-electron chi connectivity index (χ4n) is 3.99. The number of para-hydroxylation sites is 1. The molecule has 1 atom stereocenters. The van der Waals surface area contributed by atoms with E-state index in [1.807, 2.05) is 6.07 Å². The van der Waals surface area contributed by atoms with Gasteiger partial charge in [-0.05, 0) is 81.4 Å². The van der Waals surface area contributed by atoms with Crippen LogP contribution in [0.15, 0.2) is 42.5 Å². The van der Waals surface area contributed by atoms with Gasteiger partial charge in [0.1, 0.15) is 17.2 Å². The Hall–Kier alpha value is -2.20. The molecule has 1 aliphatic heterocycles. The van der Waals surface area contributed by atoms with E-state index in [0.29, 0.717) is 0 Å². The molecule has 4 heteroatoms. The summed E-state index contributed by atoms with van der Waals surface area (Å²) in [6.07, 6.45) is 6.84. The van der Waals surface area contributed by atoms with E-state index in [1.165, 1.54) is 36.9 Å². The molecular formula is C24H33NO3. The maximum absolute atomic E-state index is 6.14. The van der Waals surface area contributed by atoms with Crippen LogP contribution in [0.2, 0.25) is 0 Å². The van der Waals surface area contributed by atoms with Crippen LogP contribution in [0.1, 0.15) is 36.8 Å². The Morgan fingerprint density at radius 2 is 1.75 bits per heavy atom. The summed E-state index contributed by atoms with van der Waals surface area (Å²) >= 11 is 0. The highest BCUT2D eigenvalue weighted by Gasteiger charge is 2.19. The van der Waals surface area contributed by atoms with Crippen molar-refractivity contribution in [3.63, 3.8) is 0 Å². The molecule has 0 unspecified atom stereocenters. The zero-order chi connectivity index (χ0) is 19.8. The summed E-state index contributed by atoms with van der Waals surface area (Å²) < 4.78 is 16.9. The van der Waals surface area contributed by atoms with Crippen LogP contribution in [0.3, 0.4) is 0 Å². The van der Waals surface area contributed by atoms with Crippen LogP contribution in [0.5, 0.6) is 17.2 Å². The van der Waals surface area contributed by atoms with E-state index in [0.717, 1.165) is 49.2 Å². The highest BCUT2D eigenvalue weighted by molar-refractivity contribution is 5.40. The van der Waals surface area contributed by atoms with Crippen molar-refractivity contribution >= 4 is 0 Å². The lowest BCUT2D eigenvalue weighted by atomic mass is 10.0. The average molecular weight is 384 g/mol. The Balaban J connectivity index is 1.53. The lowest BCUT2D eigenvalue weighted by molar-refractivity contribution is 0.254. The van der Waals surface area contributed by atoms with Crippen molar-refractivity contribution in [3.05, 3.63) is 53.6 Å². The van der Waals surface area contributed by atoms with Gasteiger partial charge in [-0.3, -0.25) is 0 Å². The smallest absolute Gasteiger partial charge is 0.122 e. The zero-order valence-corrected chi connectivity index (χ0v) is 17.4. The van der Waals surface area contributed by atoms with E-state index in [9.17, 15) is 0 Å². The molecule has 2 aromatic carbocycles. The van der Waals surface area contributed by atoms with Crippen molar-refractivity contribution in [2.24, 2.45) is 0 Å². The summed E-state index contributed by atoms with van der Waals surface area (Å²) in [4.78, 5) is 2.48. The number of aryl methyl sites for hydroxylation is 2. The fraction of sp³-hybridized carbons (Fsp3) is 0.500. The van der Waals surface area contributed by atoms with E-state index in [1.54, 1.807) is 14.2 Å². The maximum atomic E-state index is 6.14. The first kappa shape index (κ1) is 20.5. The molecule has 0 saturated carbocycles. The van der Waals surface area contributed by atoms with Crippen LogP contribution in [-0.2, 0) is 12.8 Å². The Morgan fingerprint density at radius 3 is 2.43 bits per heavy atom. The summed E-state index contributed by atoms with van der Waals surface area (Å²) in [5.74, 6) is 2.67. The average Bonchev–Trinajstić information content (AvgIpc) is 3.14. The molecule has 0 radical (unpaired) electrons. The standard InChI is InChI=1S/C24H33NO3/c1-25-14-6-9-21(25)10-7-15-28-24-11-5-4-8-20(24)13-12-19-16-22(26-2)18-23(17-19)27-3/h4-5,8,11,16-18,21H,6-7,9-10,12-15H2,1-3H3/t21-/m0/s1. The molecular weight excluding hydrogens is 350 g/mol. The lowest BCUT2D eigenvalue weighted by Crippen LogP contribution is -2.25. The molecule has 152 valence electrons. The summed E-state index contributed by atoms with van der Waals surface area (Å²) in [7, 11) is 5.61. The second-order valence-corrected chi connectivity index (χ2v) is 7.60. The number of hydrogen-bond donors (Lipinski definition) is 0. The Kier molecular flexibility index (Phi) is 7.61. The van der Waals surface area contributed by atoms with Crippen molar-refractivity contribution in [2.45, 2.75) is 44.6 Å². The first-order valence-electron chi connectivity index (χ1n) is 10.3. The maximum Gasteiger partial charge on any atom is 0.122 e. The normalized spacial score (nSPS) is 16.9. The van der Waals surface area contributed by atoms with E-state index < -0.39 is 0 Å². The molecule has 28 heavy (non-hydrogen) atoms. The second kappa shape index (κ2) is 10.4. The van der Waals surface area contributed by atoms with Crippen molar-refractivity contribution in [3.8, 4) is 17.2 Å². The van der Waals surface area contributed by atoms with E-state index >= 15 is 0 Å². The Labute approximate surface area is 169 Å². The number of hydrogen-bond acceptors (Lipinski definition) is 4. The van der Waals surface area contributed by atoms with Crippen molar-refractivity contribution < 1.29 is 14.2 Å². The molecule has 0 aliphatic carbocycles. The molecule has 0 spiro atoms. The predicted octanol–water partition coefficient (Wildman–Crippen LogP) is 4.74. The van der Waals surface area contributed by atoms with Gasteiger partial charge in [0, 0.05) is 12.1 Å². The molecule has 0 aromatic heterocycles. The van der Waals surface area contributed by atoms with Gasteiger partial charge in [-0.25, -0.2) is 0 Å². The van der Waals surface area contributed by atoms with E-state index in [2.05, 4.69) is 48.3 Å². The number of methoxy groups -OCH3 is 2. The molecule has 3 rings (SSSR count). The van der Waals surface area contributed by atoms with Gasteiger partial charge in [0.05, 0.1) is 20.8 Å². The van der Waals surface area contributed by atoms with Crippen LogP contribution in [-0.4, -0.2) is 45.4 Å². The molecule has 0 amide bonds. The quantitative estimate of drug-likeness (QED) is 0.555. The molecule has 1 fully saturated rings. The predicted molar refractivity (Wildman–Crippen MR) is 114 cm³/mol.